The number of pyridine rings is 1. The monoisotopic (exact) mass is 230 g/mol. The fraction of sp³-hybridized carbons (Fsp3) is 0.385. The number of hydrogen-bond acceptors (Lipinski definition) is 3. The van der Waals surface area contributed by atoms with Crippen LogP contribution in [-0.2, 0) is 6.54 Å². The Kier molecular flexibility index (Phi) is 4.13. The SMILES string of the molecule is Cc1cnccc1NCCCCn1ccnc1. The van der Waals surface area contributed by atoms with Crippen LogP contribution in [0.15, 0.2) is 37.2 Å². The first kappa shape index (κ1) is 11.6. The van der Waals surface area contributed by atoms with Crippen LogP contribution in [0.1, 0.15) is 18.4 Å². The number of aromatic nitrogens is 3. The summed E-state index contributed by atoms with van der Waals surface area (Å²) in [6, 6.07) is 2.02. The van der Waals surface area contributed by atoms with Gasteiger partial charge in [-0.25, -0.2) is 4.98 Å². The Morgan fingerprint density at radius 1 is 1.24 bits per heavy atom. The molecule has 2 aromatic heterocycles. The molecule has 17 heavy (non-hydrogen) atoms. The van der Waals surface area contributed by atoms with E-state index in [0.29, 0.717) is 0 Å². The normalized spacial score (nSPS) is 10.4. The maximum Gasteiger partial charge on any atom is 0.0945 e. The lowest BCUT2D eigenvalue weighted by Crippen LogP contribution is -2.04. The fourth-order valence-corrected chi connectivity index (χ4v) is 1.73. The number of imidazole rings is 1. The van der Waals surface area contributed by atoms with Crippen molar-refractivity contribution in [2.75, 3.05) is 11.9 Å². The largest absolute Gasteiger partial charge is 0.385 e. The molecule has 4 heteroatoms. The van der Waals surface area contributed by atoms with Gasteiger partial charge in [0.15, 0.2) is 0 Å². The molecule has 0 aliphatic rings. The zero-order chi connectivity index (χ0) is 11.9. The first-order chi connectivity index (χ1) is 8.36. The van der Waals surface area contributed by atoms with Gasteiger partial charge in [0.25, 0.3) is 0 Å². The highest BCUT2D eigenvalue weighted by molar-refractivity contribution is 5.48. The molecule has 2 rings (SSSR count). The zero-order valence-electron chi connectivity index (χ0n) is 10.1. The number of unbranched alkanes of at least 4 members (excludes halogenated alkanes) is 1. The van der Waals surface area contributed by atoms with E-state index in [9.17, 15) is 0 Å². The zero-order valence-corrected chi connectivity index (χ0v) is 10.1. The van der Waals surface area contributed by atoms with Crippen molar-refractivity contribution in [3.63, 3.8) is 0 Å². The van der Waals surface area contributed by atoms with Crippen molar-refractivity contribution < 1.29 is 0 Å². The van der Waals surface area contributed by atoms with Crippen molar-refractivity contribution in [2.45, 2.75) is 26.3 Å². The highest BCUT2D eigenvalue weighted by Gasteiger charge is 1.96. The minimum atomic E-state index is 1.000. The first-order valence-corrected chi connectivity index (χ1v) is 5.96. The molecule has 2 aromatic rings. The Bertz CT molecular complexity index is 436. The maximum absolute atomic E-state index is 4.07. The second-order valence-electron chi connectivity index (χ2n) is 4.12. The van der Waals surface area contributed by atoms with Crippen LogP contribution >= 0.6 is 0 Å². The van der Waals surface area contributed by atoms with E-state index in [4.69, 9.17) is 0 Å². The lowest BCUT2D eigenvalue weighted by Gasteiger charge is -2.08. The molecule has 0 aromatic carbocycles. The predicted octanol–water partition coefficient (Wildman–Crippen LogP) is 2.48. The third-order valence-corrected chi connectivity index (χ3v) is 2.74. The van der Waals surface area contributed by atoms with Crippen LogP contribution in [0.4, 0.5) is 5.69 Å². The molecule has 1 N–H and O–H groups in total. The topological polar surface area (TPSA) is 42.7 Å². The van der Waals surface area contributed by atoms with Gasteiger partial charge in [0.05, 0.1) is 6.33 Å². The highest BCUT2D eigenvalue weighted by Crippen LogP contribution is 2.11. The Morgan fingerprint density at radius 2 is 2.18 bits per heavy atom. The fourth-order valence-electron chi connectivity index (χ4n) is 1.73. The van der Waals surface area contributed by atoms with E-state index in [1.54, 1.807) is 0 Å². The molecule has 0 radical (unpaired) electrons. The average molecular weight is 230 g/mol. The standard InChI is InChI=1S/C13H18N4/c1-12-10-14-6-4-13(12)16-5-2-3-8-17-9-7-15-11-17/h4,6-7,9-11H,2-3,5,8H2,1H3,(H,14,16). The van der Waals surface area contributed by atoms with Gasteiger partial charge in [-0.1, -0.05) is 0 Å². The van der Waals surface area contributed by atoms with Gasteiger partial charge < -0.3 is 9.88 Å². The lowest BCUT2D eigenvalue weighted by atomic mass is 10.2. The third-order valence-electron chi connectivity index (χ3n) is 2.74. The molecule has 0 saturated carbocycles. The molecular weight excluding hydrogens is 212 g/mol. The van der Waals surface area contributed by atoms with Gasteiger partial charge in [0.1, 0.15) is 0 Å². The van der Waals surface area contributed by atoms with E-state index in [1.165, 1.54) is 11.3 Å². The minimum Gasteiger partial charge on any atom is -0.385 e. The van der Waals surface area contributed by atoms with E-state index >= 15 is 0 Å². The molecule has 0 amide bonds. The van der Waals surface area contributed by atoms with Gasteiger partial charge in [-0.2, -0.15) is 0 Å². The highest BCUT2D eigenvalue weighted by atomic mass is 15.0. The summed E-state index contributed by atoms with van der Waals surface area (Å²) < 4.78 is 2.11. The second-order valence-corrected chi connectivity index (χ2v) is 4.12. The maximum atomic E-state index is 4.07. The molecule has 0 bridgehead atoms. The molecule has 0 spiro atoms. The number of hydrogen-bond donors (Lipinski definition) is 1. The summed E-state index contributed by atoms with van der Waals surface area (Å²) in [4.78, 5) is 8.09. The summed E-state index contributed by atoms with van der Waals surface area (Å²) in [7, 11) is 0. The quantitative estimate of drug-likeness (QED) is 0.775. The number of rotatable bonds is 6. The van der Waals surface area contributed by atoms with Crippen LogP contribution in [0.2, 0.25) is 0 Å². The van der Waals surface area contributed by atoms with Crippen molar-refractivity contribution in [2.24, 2.45) is 0 Å². The van der Waals surface area contributed by atoms with Crippen LogP contribution in [0, 0.1) is 6.92 Å². The molecule has 4 nitrogen and oxygen atoms in total. The van der Waals surface area contributed by atoms with E-state index < -0.39 is 0 Å². The van der Waals surface area contributed by atoms with Crippen molar-refractivity contribution >= 4 is 5.69 Å². The Balaban J connectivity index is 1.65. The van der Waals surface area contributed by atoms with Gasteiger partial charge in [0, 0.05) is 43.6 Å². The molecule has 0 unspecified atom stereocenters. The van der Waals surface area contributed by atoms with Crippen molar-refractivity contribution in [1.82, 2.24) is 14.5 Å². The molecule has 0 aliphatic heterocycles. The number of nitrogens with zero attached hydrogens (tertiary/aromatic N) is 3. The Hall–Kier alpha value is -1.84. The molecule has 0 fully saturated rings. The number of nitrogens with one attached hydrogen (secondary N) is 1. The Labute approximate surface area is 102 Å². The van der Waals surface area contributed by atoms with Crippen LogP contribution in [-0.4, -0.2) is 21.1 Å². The molecular formula is C13H18N4. The molecule has 2 heterocycles. The summed E-state index contributed by atoms with van der Waals surface area (Å²) in [6.45, 7) is 4.11. The lowest BCUT2D eigenvalue weighted by molar-refractivity contribution is 0.621. The van der Waals surface area contributed by atoms with E-state index in [2.05, 4.69) is 26.8 Å². The summed E-state index contributed by atoms with van der Waals surface area (Å²) >= 11 is 0. The molecule has 0 atom stereocenters. The van der Waals surface area contributed by atoms with Crippen LogP contribution in [0.3, 0.4) is 0 Å². The summed E-state index contributed by atoms with van der Waals surface area (Å²) in [6.07, 6.45) is 11.7. The minimum absolute atomic E-state index is 1.000. The number of aryl methyl sites for hydroxylation is 2. The van der Waals surface area contributed by atoms with Crippen LogP contribution in [0.5, 0.6) is 0 Å². The average Bonchev–Trinajstić information content (AvgIpc) is 2.84. The van der Waals surface area contributed by atoms with Crippen molar-refractivity contribution in [1.29, 1.82) is 0 Å². The van der Waals surface area contributed by atoms with Crippen molar-refractivity contribution in [3.8, 4) is 0 Å². The van der Waals surface area contributed by atoms with E-state index in [0.717, 1.165) is 25.9 Å². The van der Waals surface area contributed by atoms with E-state index in [1.807, 2.05) is 37.2 Å². The second kappa shape index (κ2) is 6.03. The first-order valence-electron chi connectivity index (χ1n) is 5.96. The van der Waals surface area contributed by atoms with Crippen LogP contribution < -0.4 is 5.32 Å². The smallest absolute Gasteiger partial charge is 0.0945 e. The van der Waals surface area contributed by atoms with E-state index in [-0.39, 0.29) is 0 Å². The van der Waals surface area contributed by atoms with Crippen molar-refractivity contribution in [3.05, 3.63) is 42.7 Å². The van der Waals surface area contributed by atoms with Gasteiger partial charge in [-0.15, -0.1) is 0 Å². The summed E-state index contributed by atoms with van der Waals surface area (Å²) in [5, 5.41) is 3.43. The molecule has 0 saturated heterocycles. The van der Waals surface area contributed by atoms with Gasteiger partial charge in [-0.3, -0.25) is 4.98 Å². The summed E-state index contributed by atoms with van der Waals surface area (Å²) in [5.41, 5.74) is 2.38. The van der Waals surface area contributed by atoms with Gasteiger partial charge in [0.2, 0.25) is 0 Å². The predicted molar refractivity (Wildman–Crippen MR) is 68.9 cm³/mol. The summed E-state index contributed by atoms with van der Waals surface area (Å²) in [5.74, 6) is 0. The van der Waals surface area contributed by atoms with Gasteiger partial charge >= 0.3 is 0 Å². The molecule has 90 valence electrons. The van der Waals surface area contributed by atoms with Gasteiger partial charge in [-0.05, 0) is 31.4 Å². The molecule has 0 aliphatic carbocycles. The number of anilines is 1. The Morgan fingerprint density at radius 3 is 2.94 bits per heavy atom. The third kappa shape index (κ3) is 3.59. The van der Waals surface area contributed by atoms with Crippen LogP contribution in [0.25, 0.3) is 0 Å².